The summed E-state index contributed by atoms with van der Waals surface area (Å²) in [6, 6.07) is -0.835. The number of aromatic amines is 1. The Bertz CT molecular complexity index is 992. The molecule has 0 aromatic carbocycles. The molecule has 0 spiro atoms. The number of nitrogens with one attached hydrogen (secondary N) is 2. The van der Waals surface area contributed by atoms with Gasteiger partial charge in [-0.05, 0) is 6.42 Å². The monoisotopic (exact) mass is 832 g/mol. The van der Waals surface area contributed by atoms with E-state index in [9.17, 15) is 9.59 Å². The number of ether oxygens (including phenoxy) is 10. The molecule has 0 saturated heterocycles. The van der Waals surface area contributed by atoms with Gasteiger partial charge in [0.2, 0.25) is 5.91 Å². The molecule has 15 nitrogen and oxygen atoms in total. The number of imidazole rings is 1. The smallest absolute Gasteiger partial charge is 0.328 e. The molecule has 1 aromatic heterocycles. The highest BCUT2D eigenvalue weighted by atomic mass is 16.6. The lowest BCUT2D eigenvalue weighted by Gasteiger charge is -2.15. The van der Waals surface area contributed by atoms with E-state index in [1.165, 1.54) is 110 Å². The fraction of sp³-hybridized carbons (Fsp3) is 0.884. The van der Waals surface area contributed by atoms with Crippen molar-refractivity contribution < 1.29 is 57.0 Å². The van der Waals surface area contributed by atoms with Gasteiger partial charge in [-0.3, -0.25) is 4.79 Å². The van der Waals surface area contributed by atoms with Gasteiger partial charge in [-0.25, -0.2) is 9.78 Å². The minimum Gasteiger partial charge on any atom is -0.467 e. The number of nitrogens with zero attached hydrogens (tertiary/aromatic N) is 1. The average molecular weight is 832 g/mol. The van der Waals surface area contributed by atoms with Crippen molar-refractivity contribution in [1.29, 1.82) is 0 Å². The first-order valence-corrected chi connectivity index (χ1v) is 22.2. The number of H-pyrrole nitrogens is 1. The zero-order valence-electron chi connectivity index (χ0n) is 36.3. The first-order valence-electron chi connectivity index (χ1n) is 22.2. The van der Waals surface area contributed by atoms with E-state index in [1.807, 2.05) is 0 Å². The summed E-state index contributed by atoms with van der Waals surface area (Å²) >= 11 is 0. The fourth-order valence-corrected chi connectivity index (χ4v) is 5.86. The van der Waals surface area contributed by atoms with Gasteiger partial charge < -0.3 is 57.7 Å². The first kappa shape index (κ1) is 53.8. The topological polar surface area (TPSA) is 167 Å². The molecule has 340 valence electrons. The summed E-state index contributed by atoms with van der Waals surface area (Å²) in [6.45, 7) is 10.5. The van der Waals surface area contributed by atoms with Crippen molar-refractivity contribution in [3.63, 3.8) is 0 Å². The van der Waals surface area contributed by atoms with E-state index < -0.39 is 17.9 Å². The predicted octanol–water partition coefficient (Wildman–Crippen LogP) is 6.02. The molecule has 0 aliphatic heterocycles. The predicted molar refractivity (Wildman–Crippen MR) is 223 cm³/mol. The van der Waals surface area contributed by atoms with Crippen LogP contribution < -0.4 is 5.32 Å². The molecule has 0 aliphatic carbocycles. The van der Waals surface area contributed by atoms with Gasteiger partial charge in [0.05, 0.1) is 119 Å². The van der Waals surface area contributed by atoms with Crippen LogP contribution in [0.4, 0.5) is 0 Å². The number of aromatic nitrogens is 2. The van der Waals surface area contributed by atoms with Crippen molar-refractivity contribution in [2.45, 2.75) is 122 Å². The Morgan fingerprint density at radius 1 is 0.517 bits per heavy atom. The molecule has 0 saturated carbocycles. The van der Waals surface area contributed by atoms with Gasteiger partial charge >= 0.3 is 5.97 Å². The lowest BCUT2D eigenvalue weighted by Crippen LogP contribution is -2.44. The Labute approximate surface area is 349 Å². The van der Waals surface area contributed by atoms with Gasteiger partial charge in [-0.2, -0.15) is 0 Å². The van der Waals surface area contributed by atoms with Crippen LogP contribution >= 0.6 is 0 Å². The van der Waals surface area contributed by atoms with Crippen molar-refractivity contribution in [3.8, 4) is 0 Å². The van der Waals surface area contributed by atoms with Crippen molar-refractivity contribution in [1.82, 2.24) is 15.3 Å². The van der Waals surface area contributed by atoms with E-state index in [0.717, 1.165) is 13.0 Å². The molecule has 0 unspecified atom stereocenters. The van der Waals surface area contributed by atoms with E-state index in [2.05, 4.69) is 22.2 Å². The van der Waals surface area contributed by atoms with Gasteiger partial charge in [0.25, 0.3) is 0 Å². The van der Waals surface area contributed by atoms with Crippen LogP contribution in [0.1, 0.15) is 115 Å². The van der Waals surface area contributed by atoms with Crippen molar-refractivity contribution in [2.24, 2.45) is 0 Å². The van der Waals surface area contributed by atoms with Gasteiger partial charge in [0.1, 0.15) is 12.6 Å². The third-order valence-electron chi connectivity index (χ3n) is 9.15. The molecule has 0 bridgehead atoms. The summed E-state index contributed by atoms with van der Waals surface area (Å²) < 4.78 is 54.3. The number of carbonyl (C=O) groups excluding carboxylic acids is 2. The molecule has 0 fully saturated rings. The maximum absolute atomic E-state index is 12.1. The Morgan fingerprint density at radius 3 is 1.21 bits per heavy atom. The van der Waals surface area contributed by atoms with Crippen LogP contribution in [-0.4, -0.2) is 154 Å². The molecule has 0 radical (unpaired) electrons. The van der Waals surface area contributed by atoms with E-state index >= 15 is 0 Å². The quantitative estimate of drug-likeness (QED) is 0.0579. The minimum atomic E-state index is -0.835. The fourth-order valence-electron chi connectivity index (χ4n) is 5.86. The van der Waals surface area contributed by atoms with Crippen LogP contribution in [0.2, 0.25) is 0 Å². The lowest BCUT2D eigenvalue weighted by molar-refractivity contribution is -0.145. The Morgan fingerprint density at radius 2 is 0.862 bits per heavy atom. The van der Waals surface area contributed by atoms with Crippen LogP contribution in [0.25, 0.3) is 0 Å². The maximum Gasteiger partial charge on any atom is 0.328 e. The van der Waals surface area contributed by atoms with Crippen LogP contribution in [-0.2, 0) is 63.4 Å². The molecule has 1 amide bonds. The highest BCUT2D eigenvalue weighted by molar-refractivity contribution is 5.85. The summed E-state index contributed by atoms with van der Waals surface area (Å²) in [4.78, 5) is 30.9. The molecular weight excluding hydrogens is 750 g/mol. The molecule has 1 aromatic rings. The van der Waals surface area contributed by atoms with Crippen LogP contribution in [0.15, 0.2) is 12.5 Å². The van der Waals surface area contributed by atoms with Crippen LogP contribution in [0, 0.1) is 0 Å². The second-order valence-corrected chi connectivity index (χ2v) is 14.2. The van der Waals surface area contributed by atoms with E-state index in [1.54, 1.807) is 6.20 Å². The van der Waals surface area contributed by atoms with E-state index in [4.69, 9.17) is 47.4 Å². The highest BCUT2D eigenvalue weighted by Crippen LogP contribution is 2.13. The number of methoxy groups -OCH3 is 1. The number of hydrogen-bond acceptors (Lipinski definition) is 13. The third kappa shape index (κ3) is 38.0. The van der Waals surface area contributed by atoms with Crippen molar-refractivity contribution in [2.75, 3.05) is 126 Å². The largest absolute Gasteiger partial charge is 0.467 e. The molecule has 2 N–H and O–H groups in total. The van der Waals surface area contributed by atoms with Crippen LogP contribution in [0.5, 0.6) is 0 Å². The normalized spacial score (nSPS) is 12.0. The number of amides is 1. The number of hydrogen-bond donors (Lipinski definition) is 2. The number of unbranched alkanes of at least 4 members (excludes halogenated alkanes) is 15. The number of esters is 1. The number of carbonyl (C=O) groups is 2. The summed E-state index contributed by atoms with van der Waals surface area (Å²) in [5.74, 6) is -0.976. The molecule has 1 atom stereocenters. The Hall–Kier alpha value is -2.21. The second-order valence-electron chi connectivity index (χ2n) is 14.2. The second kappa shape index (κ2) is 44.3. The molecule has 58 heavy (non-hydrogen) atoms. The van der Waals surface area contributed by atoms with Gasteiger partial charge in [-0.1, -0.05) is 103 Å². The summed E-state index contributed by atoms with van der Waals surface area (Å²) in [6.07, 6.45) is 25.4. The van der Waals surface area contributed by atoms with Crippen LogP contribution in [0.3, 0.4) is 0 Å². The maximum atomic E-state index is 12.1. The van der Waals surface area contributed by atoms with Crippen molar-refractivity contribution in [3.05, 3.63) is 18.2 Å². The molecule has 15 heteroatoms. The Balaban J connectivity index is 1.68. The SMILES string of the molecule is CCCCCCCCCCCCCCCCCCOCCOCCOCCOCCOCCOCCOCCOCCOCC(=O)N[C@@H](Cc1cnc[nH]1)C(=O)OC. The average Bonchev–Trinajstić information content (AvgIpc) is 3.75. The number of rotatable bonds is 47. The van der Waals surface area contributed by atoms with Gasteiger partial charge in [0.15, 0.2) is 0 Å². The first-order chi connectivity index (χ1) is 28.7. The highest BCUT2D eigenvalue weighted by Gasteiger charge is 2.22. The van der Waals surface area contributed by atoms with Crippen molar-refractivity contribution >= 4 is 11.9 Å². The zero-order valence-corrected chi connectivity index (χ0v) is 36.3. The molecule has 0 aliphatic rings. The standard InChI is InChI=1S/C43H81N3O12/c1-3-4-5-6-7-8-9-10-11-12-13-14-15-16-17-18-19-50-20-21-51-22-23-52-24-25-53-26-27-54-28-29-55-30-31-56-32-33-57-34-35-58-38-42(47)46-41(43(48)49-2)36-40-37-44-39-45-40/h37,39,41H,3-36,38H2,1-2H3,(H,44,45)(H,46,47)/t41-/m0/s1. The lowest BCUT2D eigenvalue weighted by atomic mass is 10.0. The molecular formula is C43H81N3O12. The zero-order chi connectivity index (χ0) is 41.7. The minimum absolute atomic E-state index is 0.202. The Kier molecular flexibility index (Phi) is 41.1. The van der Waals surface area contributed by atoms with E-state index in [-0.39, 0.29) is 19.6 Å². The van der Waals surface area contributed by atoms with E-state index in [0.29, 0.717) is 105 Å². The third-order valence-corrected chi connectivity index (χ3v) is 9.15. The van der Waals surface area contributed by atoms with Gasteiger partial charge in [0, 0.05) is 24.9 Å². The molecule has 1 heterocycles. The van der Waals surface area contributed by atoms with Gasteiger partial charge in [-0.15, -0.1) is 0 Å². The molecule has 1 rings (SSSR count). The summed E-state index contributed by atoms with van der Waals surface area (Å²) in [7, 11) is 1.27. The summed E-state index contributed by atoms with van der Waals surface area (Å²) in [5.41, 5.74) is 0.701. The summed E-state index contributed by atoms with van der Waals surface area (Å²) in [5, 5.41) is 2.60.